The van der Waals surface area contributed by atoms with E-state index in [1.165, 1.54) is 0 Å². The van der Waals surface area contributed by atoms with Crippen LogP contribution < -0.4 is 0 Å². The van der Waals surface area contributed by atoms with Gasteiger partial charge in [0.05, 0.1) is 5.38 Å². The molecule has 0 aliphatic heterocycles. The Kier molecular flexibility index (Phi) is 2.78. The van der Waals surface area contributed by atoms with E-state index >= 15 is 0 Å². The molecule has 0 aromatic rings. The van der Waals surface area contributed by atoms with Gasteiger partial charge in [-0.15, -0.1) is 11.6 Å². The molecular weight excluding hydrogens is 124 g/mol. The highest BCUT2D eigenvalue weighted by Gasteiger charge is 2.25. The maximum absolute atomic E-state index is 11.0. The number of halogens is 1. The fourth-order valence-electron chi connectivity index (χ4n) is 0.281. The molecule has 0 aromatic carbocycles. The van der Waals surface area contributed by atoms with Gasteiger partial charge in [0.25, 0.3) is 0 Å². The SMILES string of the molecule is CCC(C)([O])C(C)Cl. The van der Waals surface area contributed by atoms with Crippen LogP contribution in [-0.2, 0) is 5.11 Å². The van der Waals surface area contributed by atoms with E-state index in [0.717, 1.165) is 0 Å². The molecule has 0 aromatic heterocycles. The summed E-state index contributed by atoms with van der Waals surface area (Å²) in [5.41, 5.74) is -0.943. The first-order valence-corrected chi connectivity index (χ1v) is 3.29. The zero-order valence-corrected chi connectivity index (χ0v) is 6.33. The molecule has 8 heavy (non-hydrogen) atoms. The van der Waals surface area contributed by atoms with Gasteiger partial charge in [0.15, 0.2) is 0 Å². The lowest BCUT2D eigenvalue weighted by atomic mass is 10.0. The van der Waals surface area contributed by atoms with Gasteiger partial charge in [-0.05, 0) is 20.3 Å². The monoisotopic (exact) mass is 135 g/mol. The second-order valence-corrected chi connectivity index (χ2v) is 2.94. The van der Waals surface area contributed by atoms with E-state index in [1.54, 1.807) is 13.8 Å². The molecular formula is C6H12ClO. The van der Waals surface area contributed by atoms with E-state index in [4.69, 9.17) is 11.6 Å². The molecule has 0 aliphatic carbocycles. The zero-order chi connectivity index (χ0) is 6.78. The van der Waals surface area contributed by atoms with Crippen LogP contribution >= 0.6 is 11.6 Å². The summed E-state index contributed by atoms with van der Waals surface area (Å²) in [6.07, 6.45) is 0.595. The number of alkyl halides is 1. The third-order valence-corrected chi connectivity index (χ3v) is 2.01. The predicted molar refractivity (Wildman–Crippen MR) is 34.7 cm³/mol. The number of hydrogen-bond acceptors (Lipinski definition) is 0. The summed E-state index contributed by atoms with van der Waals surface area (Å²) in [6.45, 7) is 5.22. The van der Waals surface area contributed by atoms with Crippen molar-refractivity contribution in [3.8, 4) is 0 Å². The van der Waals surface area contributed by atoms with E-state index in [2.05, 4.69) is 0 Å². The van der Waals surface area contributed by atoms with Crippen molar-refractivity contribution in [3.63, 3.8) is 0 Å². The molecule has 0 spiro atoms. The van der Waals surface area contributed by atoms with E-state index in [-0.39, 0.29) is 5.38 Å². The summed E-state index contributed by atoms with van der Waals surface area (Å²) in [5, 5.41) is 10.8. The van der Waals surface area contributed by atoms with Gasteiger partial charge in [-0.25, -0.2) is 5.11 Å². The van der Waals surface area contributed by atoms with Crippen LogP contribution in [0.2, 0.25) is 0 Å². The van der Waals surface area contributed by atoms with Crippen LogP contribution in [0, 0.1) is 0 Å². The Morgan fingerprint density at radius 1 is 1.75 bits per heavy atom. The van der Waals surface area contributed by atoms with Crippen LogP contribution in [0.25, 0.3) is 0 Å². The average Bonchev–Trinajstić information content (AvgIpc) is 1.67. The summed E-state index contributed by atoms with van der Waals surface area (Å²) >= 11 is 5.56. The summed E-state index contributed by atoms with van der Waals surface area (Å²) in [6, 6.07) is 0. The van der Waals surface area contributed by atoms with E-state index in [0.29, 0.717) is 6.42 Å². The van der Waals surface area contributed by atoms with Crippen molar-refractivity contribution >= 4 is 11.6 Å². The first kappa shape index (κ1) is 8.25. The smallest absolute Gasteiger partial charge is 0.116 e. The molecule has 2 unspecified atom stereocenters. The largest absolute Gasteiger partial charge is 0.228 e. The standard InChI is InChI=1S/C6H12ClO/c1-4-6(3,8)5(2)7/h5H,4H2,1-3H3. The lowest BCUT2D eigenvalue weighted by molar-refractivity contribution is -0.0159. The molecule has 2 heteroatoms. The van der Waals surface area contributed by atoms with Gasteiger partial charge >= 0.3 is 0 Å². The second-order valence-electron chi connectivity index (χ2n) is 2.28. The van der Waals surface area contributed by atoms with Gasteiger partial charge in [-0.1, -0.05) is 6.92 Å². The van der Waals surface area contributed by atoms with Crippen LogP contribution in [0.5, 0.6) is 0 Å². The summed E-state index contributed by atoms with van der Waals surface area (Å²) < 4.78 is 0. The van der Waals surface area contributed by atoms with Gasteiger partial charge in [0.1, 0.15) is 5.60 Å². The van der Waals surface area contributed by atoms with Crippen LogP contribution in [0.1, 0.15) is 27.2 Å². The Balaban J connectivity index is 3.71. The van der Waals surface area contributed by atoms with Crippen molar-refractivity contribution in [2.24, 2.45) is 0 Å². The molecule has 0 saturated heterocycles. The number of hydrogen-bond donors (Lipinski definition) is 0. The third kappa shape index (κ3) is 2.01. The van der Waals surface area contributed by atoms with Crippen LogP contribution in [-0.4, -0.2) is 11.0 Å². The lowest BCUT2D eigenvalue weighted by Crippen LogP contribution is -2.30. The molecule has 0 saturated carbocycles. The zero-order valence-electron chi connectivity index (χ0n) is 5.57. The minimum atomic E-state index is -0.943. The first-order valence-electron chi connectivity index (χ1n) is 2.85. The van der Waals surface area contributed by atoms with Crippen molar-refractivity contribution < 1.29 is 5.11 Å². The minimum absolute atomic E-state index is 0.271. The van der Waals surface area contributed by atoms with Crippen molar-refractivity contribution in [1.29, 1.82) is 0 Å². The Bertz CT molecular complexity index is 68.9. The third-order valence-electron chi connectivity index (χ3n) is 1.54. The molecule has 0 rings (SSSR count). The molecule has 2 atom stereocenters. The first-order chi connectivity index (χ1) is 3.50. The second kappa shape index (κ2) is 2.70. The Morgan fingerprint density at radius 2 is 2.12 bits per heavy atom. The molecule has 0 fully saturated rings. The molecule has 1 radical (unpaired) electrons. The van der Waals surface area contributed by atoms with Crippen molar-refractivity contribution in [1.82, 2.24) is 0 Å². The topological polar surface area (TPSA) is 19.9 Å². The van der Waals surface area contributed by atoms with Crippen LogP contribution in [0.3, 0.4) is 0 Å². The maximum Gasteiger partial charge on any atom is 0.116 e. The normalized spacial score (nSPS) is 22.1. The fourth-order valence-corrected chi connectivity index (χ4v) is 0.436. The van der Waals surface area contributed by atoms with Gasteiger partial charge < -0.3 is 0 Å². The molecule has 0 N–H and O–H groups in total. The average molecular weight is 136 g/mol. The van der Waals surface area contributed by atoms with Crippen molar-refractivity contribution in [2.75, 3.05) is 0 Å². The van der Waals surface area contributed by atoms with E-state index < -0.39 is 5.60 Å². The molecule has 0 amide bonds. The molecule has 0 bridgehead atoms. The molecule has 49 valence electrons. The highest BCUT2D eigenvalue weighted by atomic mass is 35.5. The highest BCUT2D eigenvalue weighted by molar-refractivity contribution is 6.21. The lowest BCUT2D eigenvalue weighted by Gasteiger charge is -2.20. The van der Waals surface area contributed by atoms with Gasteiger partial charge in [0.2, 0.25) is 0 Å². The fraction of sp³-hybridized carbons (Fsp3) is 1.00. The van der Waals surface area contributed by atoms with E-state index in [1.807, 2.05) is 6.92 Å². The van der Waals surface area contributed by atoms with Crippen molar-refractivity contribution in [3.05, 3.63) is 0 Å². The van der Waals surface area contributed by atoms with Crippen LogP contribution in [0.4, 0.5) is 0 Å². The van der Waals surface area contributed by atoms with Gasteiger partial charge in [-0.2, -0.15) is 0 Å². The Hall–Kier alpha value is 0.250. The highest BCUT2D eigenvalue weighted by Crippen LogP contribution is 2.19. The van der Waals surface area contributed by atoms with Gasteiger partial charge in [-0.3, -0.25) is 0 Å². The summed E-state index contributed by atoms with van der Waals surface area (Å²) in [5.74, 6) is 0. The minimum Gasteiger partial charge on any atom is -0.228 e. The predicted octanol–water partition coefficient (Wildman–Crippen LogP) is 2.21. The van der Waals surface area contributed by atoms with E-state index in [9.17, 15) is 5.11 Å². The van der Waals surface area contributed by atoms with Crippen LogP contribution in [0.15, 0.2) is 0 Å². The molecule has 0 aliphatic rings. The number of rotatable bonds is 2. The summed E-state index contributed by atoms with van der Waals surface area (Å²) in [4.78, 5) is 0. The maximum atomic E-state index is 11.0. The quantitative estimate of drug-likeness (QED) is 0.518. The van der Waals surface area contributed by atoms with Gasteiger partial charge in [0, 0.05) is 0 Å². The molecule has 1 nitrogen and oxygen atoms in total. The van der Waals surface area contributed by atoms with Crippen molar-refractivity contribution in [2.45, 2.75) is 38.2 Å². The molecule has 0 heterocycles. The Labute approximate surface area is 55.7 Å². The Morgan fingerprint density at radius 3 is 2.12 bits per heavy atom. The summed E-state index contributed by atoms with van der Waals surface area (Å²) in [7, 11) is 0.